The summed E-state index contributed by atoms with van der Waals surface area (Å²) in [6.07, 6.45) is 0. The summed E-state index contributed by atoms with van der Waals surface area (Å²) in [5, 5.41) is 8.87. The van der Waals surface area contributed by atoms with Crippen molar-refractivity contribution < 1.29 is 19.4 Å². The van der Waals surface area contributed by atoms with E-state index in [-0.39, 0.29) is 18.1 Å². The van der Waals surface area contributed by atoms with Crippen LogP contribution in [0.15, 0.2) is 21.1 Å². The monoisotopic (exact) mass is 379 g/mol. The molecule has 0 radical (unpaired) electrons. The van der Waals surface area contributed by atoms with Crippen molar-refractivity contribution in [1.82, 2.24) is 4.90 Å². The average Bonchev–Trinajstić information content (AvgIpc) is 2.26. The van der Waals surface area contributed by atoms with Crippen molar-refractivity contribution in [2.24, 2.45) is 0 Å². The predicted molar refractivity (Wildman–Crippen MR) is 73.0 cm³/mol. The van der Waals surface area contributed by atoms with Crippen molar-refractivity contribution >= 4 is 43.7 Å². The minimum Gasteiger partial charge on any atom is -0.481 e. The number of benzene rings is 1. The number of hydrogen-bond donors (Lipinski definition) is 1. The Balaban J connectivity index is 2.91. The zero-order chi connectivity index (χ0) is 13.9. The first-order valence-electron chi connectivity index (χ1n) is 4.88. The molecule has 0 heterocycles. The van der Waals surface area contributed by atoms with E-state index >= 15 is 0 Å². The summed E-state index contributed by atoms with van der Waals surface area (Å²) in [4.78, 5) is 23.6. The maximum atomic E-state index is 11.4. The molecule has 0 aromatic heterocycles. The van der Waals surface area contributed by atoms with Crippen LogP contribution in [-0.2, 0) is 4.79 Å². The molecule has 0 aliphatic rings. The summed E-state index contributed by atoms with van der Waals surface area (Å²) in [5.41, 5.74) is 0.125. The average molecular weight is 381 g/mol. The fourth-order valence-corrected chi connectivity index (χ4v) is 2.50. The number of likely N-dealkylation sites (N-methyl/N-ethyl adjacent to an activating group) is 1. The largest absolute Gasteiger partial charge is 0.481 e. The maximum Gasteiger partial charge on any atom is 0.335 e. The SMILES string of the molecule is CN(C)C(=O)COc1c(Br)cc(C(=O)O)cc1Br. The minimum absolute atomic E-state index is 0.114. The number of nitrogens with zero attached hydrogens (tertiary/aromatic N) is 1. The topological polar surface area (TPSA) is 66.8 Å². The third-order valence-electron chi connectivity index (χ3n) is 2.08. The van der Waals surface area contributed by atoms with Crippen molar-refractivity contribution in [3.8, 4) is 5.75 Å². The molecular formula is C11H11Br2NO4. The minimum atomic E-state index is -1.03. The van der Waals surface area contributed by atoms with Gasteiger partial charge in [-0.15, -0.1) is 0 Å². The van der Waals surface area contributed by atoms with Gasteiger partial charge in [0.1, 0.15) is 5.75 Å². The first-order valence-corrected chi connectivity index (χ1v) is 6.46. The van der Waals surface area contributed by atoms with E-state index in [1.54, 1.807) is 14.1 Å². The highest BCUT2D eigenvalue weighted by Crippen LogP contribution is 2.34. The van der Waals surface area contributed by atoms with E-state index in [9.17, 15) is 9.59 Å². The van der Waals surface area contributed by atoms with Gasteiger partial charge in [0.2, 0.25) is 0 Å². The molecule has 0 saturated carbocycles. The van der Waals surface area contributed by atoms with Crippen molar-refractivity contribution in [3.63, 3.8) is 0 Å². The molecular weight excluding hydrogens is 370 g/mol. The Morgan fingerprint density at radius 3 is 2.17 bits per heavy atom. The maximum absolute atomic E-state index is 11.4. The highest BCUT2D eigenvalue weighted by atomic mass is 79.9. The van der Waals surface area contributed by atoms with Crippen LogP contribution in [0, 0.1) is 0 Å². The summed E-state index contributed by atoms with van der Waals surface area (Å²) in [6.45, 7) is -0.114. The Morgan fingerprint density at radius 1 is 1.28 bits per heavy atom. The molecule has 1 amide bonds. The molecule has 7 heteroatoms. The third kappa shape index (κ3) is 3.71. The number of carboxylic acids is 1. The molecule has 0 saturated heterocycles. The number of ether oxygens (including phenoxy) is 1. The van der Waals surface area contributed by atoms with Crippen LogP contribution in [-0.4, -0.2) is 42.6 Å². The number of carbonyl (C=O) groups excluding carboxylic acids is 1. The highest BCUT2D eigenvalue weighted by molar-refractivity contribution is 9.11. The number of amides is 1. The molecule has 1 aromatic rings. The van der Waals surface area contributed by atoms with Crippen LogP contribution in [0.5, 0.6) is 5.75 Å². The summed E-state index contributed by atoms with van der Waals surface area (Å²) >= 11 is 6.42. The van der Waals surface area contributed by atoms with Crippen LogP contribution in [0.1, 0.15) is 10.4 Å². The summed E-state index contributed by atoms with van der Waals surface area (Å²) in [6, 6.07) is 2.84. The summed E-state index contributed by atoms with van der Waals surface area (Å²) in [5.74, 6) is -0.821. The summed E-state index contributed by atoms with van der Waals surface area (Å²) < 4.78 is 6.29. The second kappa shape index (κ2) is 6.19. The number of aromatic carboxylic acids is 1. The molecule has 0 spiro atoms. The van der Waals surface area contributed by atoms with Gasteiger partial charge in [0, 0.05) is 14.1 Å². The molecule has 18 heavy (non-hydrogen) atoms. The molecule has 5 nitrogen and oxygen atoms in total. The lowest BCUT2D eigenvalue weighted by molar-refractivity contribution is -0.130. The molecule has 0 unspecified atom stereocenters. The van der Waals surface area contributed by atoms with Crippen LogP contribution >= 0.6 is 31.9 Å². The van der Waals surface area contributed by atoms with Crippen LogP contribution in [0.2, 0.25) is 0 Å². The summed E-state index contributed by atoms with van der Waals surface area (Å²) in [7, 11) is 3.26. The van der Waals surface area contributed by atoms with Gasteiger partial charge in [-0.25, -0.2) is 4.79 Å². The Labute approximate surface area is 121 Å². The highest BCUT2D eigenvalue weighted by Gasteiger charge is 2.14. The second-order valence-corrected chi connectivity index (χ2v) is 5.36. The zero-order valence-electron chi connectivity index (χ0n) is 9.74. The molecule has 1 N–H and O–H groups in total. The fraction of sp³-hybridized carbons (Fsp3) is 0.273. The molecule has 98 valence electrons. The van der Waals surface area contributed by atoms with Crippen molar-refractivity contribution in [2.75, 3.05) is 20.7 Å². The van der Waals surface area contributed by atoms with Gasteiger partial charge in [0.15, 0.2) is 6.61 Å². The van der Waals surface area contributed by atoms with Gasteiger partial charge in [0.25, 0.3) is 5.91 Å². The Hall–Kier alpha value is -1.08. The molecule has 0 aliphatic heterocycles. The first-order chi connectivity index (χ1) is 8.32. The van der Waals surface area contributed by atoms with Gasteiger partial charge in [-0.1, -0.05) is 0 Å². The molecule has 0 bridgehead atoms. The molecule has 0 aliphatic carbocycles. The molecule has 0 fully saturated rings. The van der Waals surface area contributed by atoms with Crippen LogP contribution in [0.4, 0.5) is 0 Å². The van der Waals surface area contributed by atoms with Crippen LogP contribution < -0.4 is 4.74 Å². The van der Waals surface area contributed by atoms with Gasteiger partial charge in [-0.2, -0.15) is 0 Å². The van der Waals surface area contributed by atoms with Gasteiger partial charge in [-0.05, 0) is 44.0 Å². The smallest absolute Gasteiger partial charge is 0.335 e. The Bertz CT molecular complexity index is 465. The van der Waals surface area contributed by atoms with Gasteiger partial charge in [-0.3, -0.25) is 4.79 Å². The second-order valence-electron chi connectivity index (χ2n) is 3.65. The molecule has 1 rings (SSSR count). The van der Waals surface area contributed by atoms with Gasteiger partial charge >= 0.3 is 5.97 Å². The number of carboxylic acid groups (broad SMARTS) is 1. The standard InChI is InChI=1S/C11H11Br2NO4/c1-14(2)9(15)5-18-10-7(12)3-6(11(16)17)4-8(10)13/h3-4H,5H2,1-2H3,(H,16,17). The van der Waals surface area contributed by atoms with E-state index in [1.165, 1.54) is 17.0 Å². The fourth-order valence-electron chi connectivity index (χ4n) is 1.08. The normalized spacial score (nSPS) is 10.0. The van der Waals surface area contributed by atoms with Crippen molar-refractivity contribution in [1.29, 1.82) is 0 Å². The molecule has 1 aromatic carbocycles. The number of carbonyl (C=O) groups is 2. The van der Waals surface area contributed by atoms with Gasteiger partial charge in [0.05, 0.1) is 14.5 Å². The van der Waals surface area contributed by atoms with E-state index in [2.05, 4.69) is 31.9 Å². The van der Waals surface area contributed by atoms with E-state index in [4.69, 9.17) is 9.84 Å². The Morgan fingerprint density at radius 2 is 1.78 bits per heavy atom. The van der Waals surface area contributed by atoms with Crippen molar-refractivity contribution in [2.45, 2.75) is 0 Å². The quantitative estimate of drug-likeness (QED) is 0.870. The zero-order valence-corrected chi connectivity index (χ0v) is 12.9. The number of rotatable bonds is 4. The lowest BCUT2D eigenvalue weighted by Gasteiger charge is -2.13. The van der Waals surface area contributed by atoms with Crippen molar-refractivity contribution in [3.05, 3.63) is 26.6 Å². The lowest BCUT2D eigenvalue weighted by Crippen LogP contribution is -2.27. The van der Waals surface area contributed by atoms with E-state index in [0.717, 1.165) is 0 Å². The van der Waals surface area contributed by atoms with Crippen LogP contribution in [0.25, 0.3) is 0 Å². The number of halogens is 2. The van der Waals surface area contributed by atoms with E-state index in [1.807, 2.05) is 0 Å². The number of hydrogen-bond acceptors (Lipinski definition) is 3. The Kier molecular flexibility index (Phi) is 5.15. The van der Waals surface area contributed by atoms with E-state index < -0.39 is 5.97 Å². The third-order valence-corrected chi connectivity index (χ3v) is 3.26. The van der Waals surface area contributed by atoms with E-state index in [0.29, 0.717) is 14.7 Å². The van der Waals surface area contributed by atoms with Crippen LogP contribution in [0.3, 0.4) is 0 Å². The lowest BCUT2D eigenvalue weighted by atomic mass is 10.2. The predicted octanol–water partition coefficient (Wildman–Crippen LogP) is 2.38. The first kappa shape index (κ1) is 15.0. The molecule has 0 atom stereocenters. The van der Waals surface area contributed by atoms with Gasteiger partial charge < -0.3 is 14.7 Å².